The first-order chi connectivity index (χ1) is 13.7. The van der Waals surface area contributed by atoms with Crippen molar-refractivity contribution < 1.29 is 18.8 Å². The van der Waals surface area contributed by atoms with Crippen LogP contribution in [0.5, 0.6) is 5.75 Å². The van der Waals surface area contributed by atoms with Crippen LogP contribution in [-0.2, 0) is 13.0 Å². The molecule has 2 N–H and O–H groups in total. The van der Waals surface area contributed by atoms with Crippen LogP contribution in [0.3, 0.4) is 0 Å². The Kier molecular flexibility index (Phi) is 5.44. The van der Waals surface area contributed by atoms with Crippen LogP contribution in [0.25, 0.3) is 0 Å². The number of amides is 1. The highest BCUT2D eigenvalue weighted by molar-refractivity contribution is 5.94. The van der Waals surface area contributed by atoms with Crippen molar-refractivity contribution in [3.05, 3.63) is 89.4 Å². The summed E-state index contributed by atoms with van der Waals surface area (Å²) < 4.78 is 10.9. The number of fused-ring (bicyclic) bond motifs is 1. The van der Waals surface area contributed by atoms with Gasteiger partial charge in [0, 0.05) is 17.5 Å². The van der Waals surface area contributed by atoms with Gasteiger partial charge in [0.2, 0.25) is 0 Å². The van der Waals surface area contributed by atoms with Gasteiger partial charge in [-0.05, 0) is 35.9 Å². The van der Waals surface area contributed by atoms with Gasteiger partial charge in [0.15, 0.2) is 11.8 Å². The van der Waals surface area contributed by atoms with Crippen molar-refractivity contribution >= 4 is 5.91 Å². The zero-order valence-corrected chi connectivity index (χ0v) is 16.0. The maximum absolute atomic E-state index is 12.7. The van der Waals surface area contributed by atoms with Crippen molar-refractivity contribution in [2.45, 2.75) is 19.0 Å². The van der Waals surface area contributed by atoms with Gasteiger partial charge in [-0.3, -0.25) is 4.79 Å². The van der Waals surface area contributed by atoms with Crippen LogP contribution in [-0.4, -0.2) is 26.1 Å². The maximum atomic E-state index is 12.7. The molecule has 4 rings (SSSR count). The average molecular weight is 377 g/mol. The molecule has 3 aromatic rings. The molecule has 0 fully saturated rings. The Morgan fingerprint density at radius 3 is 2.79 bits per heavy atom. The molecule has 0 bridgehead atoms. The van der Waals surface area contributed by atoms with E-state index in [4.69, 9.17) is 9.15 Å². The van der Waals surface area contributed by atoms with E-state index < -0.39 is 0 Å². The molecule has 1 aliphatic rings. The Bertz CT molecular complexity index is 937. The van der Waals surface area contributed by atoms with E-state index in [1.54, 1.807) is 25.5 Å². The molecule has 0 saturated carbocycles. The summed E-state index contributed by atoms with van der Waals surface area (Å²) in [5.41, 5.74) is 3.39. The molecule has 1 aromatic heterocycles. The largest absolute Gasteiger partial charge is 0.497 e. The van der Waals surface area contributed by atoms with Gasteiger partial charge in [-0.25, -0.2) is 0 Å². The minimum absolute atomic E-state index is 0.0675. The number of methoxy groups -OCH3 is 1. The number of hydrogen-bond acceptors (Lipinski definition) is 3. The second-order valence-corrected chi connectivity index (χ2v) is 7.11. The van der Waals surface area contributed by atoms with E-state index in [1.165, 1.54) is 16.0 Å². The van der Waals surface area contributed by atoms with Gasteiger partial charge in [-0.2, -0.15) is 0 Å². The van der Waals surface area contributed by atoms with Gasteiger partial charge in [0.1, 0.15) is 12.3 Å². The van der Waals surface area contributed by atoms with E-state index in [0.717, 1.165) is 25.3 Å². The van der Waals surface area contributed by atoms with Gasteiger partial charge in [0.25, 0.3) is 5.91 Å². The van der Waals surface area contributed by atoms with Crippen LogP contribution in [0.4, 0.5) is 0 Å². The number of carbonyl (C=O) groups excluding carboxylic acids is 1. The van der Waals surface area contributed by atoms with Gasteiger partial charge < -0.3 is 19.4 Å². The number of rotatable bonds is 6. The first kappa shape index (κ1) is 18.3. The summed E-state index contributed by atoms with van der Waals surface area (Å²) in [5, 5.41) is 3.08. The fraction of sp³-hybridized carbons (Fsp3) is 0.261. The predicted molar refractivity (Wildman–Crippen MR) is 106 cm³/mol. The molecule has 28 heavy (non-hydrogen) atoms. The highest BCUT2D eigenvalue weighted by atomic mass is 16.5. The first-order valence-corrected chi connectivity index (χ1v) is 9.61. The van der Waals surface area contributed by atoms with Crippen molar-refractivity contribution in [1.29, 1.82) is 0 Å². The van der Waals surface area contributed by atoms with Crippen LogP contribution in [0.1, 0.15) is 33.3 Å². The van der Waals surface area contributed by atoms with Crippen LogP contribution in [0.2, 0.25) is 0 Å². The van der Waals surface area contributed by atoms with E-state index in [2.05, 4.69) is 29.6 Å². The fourth-order valence-electron chi connectivity index (χ4n) is 3.90. The molecular weight excluding hydrogens is 352 g/mol. The number of furan rings is 1. The average Bonchev–Trinajstić information content (AvgIpc) is 3.28. The lowest BCUT2D eigenvalue weighted by atomic mass is 9.98. The number of hydrogen-bond donors (Lipinski definition) is 2. The molecule has 2 atom stereocenters. The predicted octanol–water partition coefficient (Wildman–Crippen LogP) is 2.40. The molecule has 1 unspecified atom stereocenters. The van der Waals surface area contributed by atoms with Crippen LogP contribution < -0.4 is 15.0 Å². The Morgan fingerprint density at radius 1 is 1.14 bits per heavy atom. The highest BCUT2D eigenvalue weighted by Gasteiger charge is 2.30. The van der Waals surface area contributed by atoms with Crippen LogP contribution >= 0.6 is 0 Å². The minimum atomic E-state index is -0.104. The van der Waals surface area contributed by atoms with Crippen molar-refractivity contribution in [2.24, 2.45) is 0 Å². The smallest absolute Gasteiger partial charge is 0.251 e. The zero-order valence-electron chi connectivity index (χ0n) is 16.0. The summed E-state index contributed by atoms with van der Waals surface area (Å²) in [5.74, 6) is 1.47. The Hall–Kier alpha value is -3.05. The van der Waals surface area contributed by atoms with Crippen molar-refractivity contribution in [2.75, 3.05) is 20.2 Å². The fourth-order valence-corrected chi connectivity index (χ4v) is 3.90. The lowest BCUT2D eigenvalue weighted by molar-refractivity contribution is -0.946. The molecule has 0 saturated heterocycles. The van der Waals surface area contributed by atoms with Crippen LogP contribution in [0, 0.1) is 0 Å². The number of benzene rings is 2. The van der Waals surface area contributed by atoms with Gasteiger partial charge >= 0.3 is 0 Å². The molecule has 1 aliphatic heterocycles. The van der Waals surface area contributed by atoms with E-state index in [9.17, 15) is 4.79 Å². The second kappa shape index (κ2) is 8.31. The standard InChI is InChI=1S/C23H24N2O3/c1-27-20-9-4-8-18(14-20)23(26)24-15-21(22-10-5-13-28-22)25-12-11-17-6-2-3-7-19(17)16-25/h2-10,13-14,21H,11-12,15-16H2,1H3,(H,24,26)/p+1/t21-/m1/s1. The van der Waals surface area contributed by atoms with E-state index >= 15 is 0 Å². The Morgan fingerprint density at radius 2 is 2.00 bits per heavy atom. The third-order valence-corrected chi connectivity index (χ3v) is 5.43. The summed E-state index contributed by atoms with van der Waals surface area (Å²) >= 11 is 0. The maximum Gasteiger partial charge on any atom is 0.251 e. The molecule has 2 heterocycles. The topological polar surface area (TPSA) is 55.9 Å². The normalized spacial score (nSPS) is 16.8. The summed E-state index contributed by atoms with van der Waals surface area (Å²) in [6, 6.07) is 19.8. The lowest BCUT2D eigenvalue weighted by Crippen LogP contribution is -3.12. The molecule has 1 amide bonds. The van der Waals surface area contributed by atoms with Gasteiger partial charge in [-0.15, -0.1) is 0 Å². The molecule has 144 valence electrons. The quantitative estimate of drug-likeness (QED) is 0.694. The number of nitrogens with one attached hydrogen (secondary N) is 2. The Labute approximate surface area is 164 Å². The monoisotopic (exact) mass is 377 g/mol. The Balaban J connectivity index is 1.49. The molecule has 2 aromatic carbocycles. The summed E-state index contributed by atoms with van der Waals surface area (Å²) in [7, 11) is 1.60. The van der Waals surface area contributed by atoms with E-state index in [-0.39, 0.29) is 11.9 Å². The van der Waals surface area contributed by atoms with Crippen molar-refractivity contribution in [1.82, 2.24) is 5.32 Å². The van der Waals surface area contributed by atoms with Crippen molar-refractivity contribution in [3.63, 3.8) is 0 Å². The lowest BCUT2D eigenvalue weighted by Gasteiger charge is -2.31. The number of ether oxygens (including phenoxy) is 1. The second-order valence-electron chi connectivity index (χ2n) is 7.11. The SMILES string of the molecule is COc1cccc(C(=O)NC[C@H](c2ccco2)[NH+]2CCc3ccccc3C2)c1. The molecule has 0 aliphatic carbocycles. The number of carbonyl (C=O) groups is 1. The van der Waals surface area contributed by atoms with E-state index in [1.807, 2.05) is 24.3 Å². The third-order valence-electron chi connectivity index (χ3n) is 5.43. The minimum Gasteiger partial charge on any atom is -0.497 e. The molecule has 0 spiro atoms. The summed E-state index contributed by atoms with van der Waals surface area (Å²) in [6.45, 7) is 2.45. The number of quaternary nitrogens is 1. The molecule has 0 radical (unpaired) electrons. The zero-order chi connectivity index (χ0) is 19.3. The molecular formula is C23H25N2O3+. The van der Waals surface area contributed by atoms with Gasteiger partial charge in [-0.1, -0.05) is 30.3 Å². The first-order valence-electron chi connectivity index (χ1n) is 9.61. The summed E-state index contributed by atoms with van der Waals surface area (Å²) in [6.07, 6.45) is 2.73. The van der Waals surface area contributed by atoms with Crippen LogP contribution in [0.15, 0.2) is 71.3 Å². The van der Waals surface area contributed by atoms with Crippen molar-refractivity contribution in [3.8, 4) is 5.75 Å². The molecule has 5 nitrogen and oxygen atoms in total. The molecule has 5 heteroatoms. The van der Waals surface area contributed by atoms with Gasteiger partial charge in [0.05, 0.1) is 26.5 Å². The van der Waals surface area contributed by atoms with E-state index in [0.29, 0.717) is 17.9 Å². The highest BCUT2D eigenvalue weighted by Crippen LogP contribution is 2.16. The third kappa shape index (κ3) is 3.94. The summed E-state index contributed by atoms with van der Waals surface area (Å²) in [4.78, 5) is 14.1.